The van der Waals surface area contributed by atoms with Gasteiger partial charge >= 0.3 is 0 Å². The average Bonchev–Trinajstić information content (AvgIpc) is 3.27. The van der Waals surface area contributed by atoms with Crippen LogP contribution >= 0.6 is 0 Å². The van der Waals surface area contributed by atoms with E-state index in [1.807, 2.05) is 24.3 Å². The van der Waals surface area contributed by atoms with E-state index in [1.54, 1.807) is 18.5 Å². The number of aromatic amines is 1. The number of rotatable bonds is 4. The van der Waals surface area contributed by atoms with E-state index < -0.39 is 0 Å². The Morgan fingerprint density at radius 3 is 2.45 bits per heavy atom. The Bertz CT molecular complexity index is 1050. The number of fused-ring (bicyclic) bond motifs is 2. The van der Waals surface area contributed by atoms with E-state index in [0.717, 1.165) is 43.0 Å². The summed E-state index contributed by atoms with van der Waals surface area (Å²) in [4.78, 5) is 2.22. The third kappa shape index (κ3) is 3.77. The Morgan fingerprint density at radius 2 is 1.84 bits per heavy atom. The summed E-state index contributed by atoms with van der Waals surface area (Å²) >= 11 is 0. The van der Waals surface area contributed by atoms with E-state index in [2.05, 4.69) is 51.5 Å². The number of piperidine rings is 1. The lowest BCUT2D eigenvalue weighted by molar-refractivity contribution is -0.0628. The zero-order valence-corrected chi connectivity index (χ0v) is 18.1. The molecular formula is C23H28N6O2. The zero-order valence-electron chi connectivity index (χ0n) is 18.1. The van der Waals surface area contributed by atoms with E-state index in [9.17, 15) is 5.11 Å². The second-order valence-corrected chi connectivity index (χ2v) is 9.41. The van der Waals surface area contributed by atoms with Crippen LogP contribution in [0.3, 0.4) is 0 Å². The summed E-state index contributed by atoms with van der Waals surface area (Å²) in [7, 11) is 2.08. The number of aromatic nitrogens is 4. The molecule has 2 aliphatic rings. The fourth-order valence-corrected chi connectivity index (χ4v) is 5.09. The van der Waals surface area contributed by atoms with E-state index in [0.29, 0.717) is 17.3 Å². The predicted octanol–water partition coefficient (Wildman–Crippen LogP) is 2.98. The maximum atomic E-state index is 10.5. The van der Waals surface area contributed by atoms with Gasteiger partial charge in [-0.2, -0.15) is 5.10 Å². The molecule has 2 aromatic heterocycles. The molecule has 0 saturated carbocycles. The molecule has 2 saturated heterocycles. The molecule has 31 heavy (non-hydrogen) atoms. The van der Waals surface area contributed by atoms with Crippen molar-refractivity contribution in [1.82, 2.24) is 25.7 Å². The van der Waals surface area contributed by atoms with Crippen LogP contribution in [-0.2, 0) is 4.74 Å². The number of anilines is 1. The Labute approximate surface area is 181 Å². The summed E-state index contributed by atoms with van der Waals surface area (Å²) in [6, 6.07) is 9.77. The van der Waals surface area contributed by atoms with Crippen molar-refractivity contribution in [3.63, 3.8) is 0 Å². The van der Waals surface area contributed by atoms with Gasteiger partial charge in [0.05, 0.1) is 25.1 Å². The van der Waals surface area contributed by atoms with Crippen molar-refractivity contribution in [2.75, 3.05) is 25.2 Å². The largest absolute Gasteiger partial charge is 0.507 e. The molecule has 0 aliphatic carbocycles. The zero-order chi connectivity index (χ0) is 21.6. The van der Waals surface area contributed by atoms with Crippen molar-refractivity contribution >= 4 is 5.82 Å². The molecule has 8 heteroatoms. The monoisotopic (exact) mass is 420 g/mol. The van der Waals surface area contributed by atoms with Crippen LogP contribution in [0, 0.1) is 0 Å². The predicted molar refractivity (Wildman–Crippen MR) is 119 cm³/mol. The first-order valence-corrected chi connectivity index (χ1v) is 10.6. The van der Waals surface area contributed by atoms with Crippen molar-refractivity contribution in [2.45, 2.75) is 43.8 Å². The molecule has 1 aromatic carbocycles. The van der Waals surface area contributed by atoms with Gasteiger partial charge in [0.15, 0.2) is 5.82 Å². The molecule has 162 valence electrons. The van der Waals surface area contributed by atoms with Crippen molar-refractivity contribution in [1.29, 1.82) is 0 Å². The minimum absolute atomic E-state index is 0.0277. The second-order valence-electron chi connectivity index (χ2n) is 9.41. The van der Waals surface area contributed by atoms with Gasteiger partial charge in [-0.05, 0) is 56.5 Å². The van der Waals surface area contributed by atoms with E-state index >= 15 is 0 Å². The van der Waals surface area contributed by atoms with Gasteiger partial charge in [0.2, 0.25) is 0 Å². The highest BCUT2D eigenvalue weighted by Gasteiger charge is 2.47. The summed E-state index contributed by atoms with van der Waals surface area (Å²) < 4.78 is 5.85. The molecule has 2 bridgehead atoms. The first-order valence-electron chi connectivity index (χ1n) is 10.6. The number of morpholine rings is 1. The molecule has 3 atom stereocenters. The molecule has 2 aliphatic heterocycles. The number of hydrogen-bond donors (Lipinski definition) is 3. The van der Waals surface area contributed by atoms with Gasteiger partial charge in [-0.1, -0.05) is 6.07 Å². The molecule has 0 amide bonds. The number of H-pyrrole nitrogens is 1. The average molecular weight is 421 g/mol. The summed E-state index contributed by atoms with van der Waals surface area (Å²) in [5.74, 6) is 0.998. The van der Waals surface area contributed by atoms with Crippen molar-refractivity contribution in [3.8, 4) is 28.1 Å². The quantitative estimate of drug-likeness (QED) is 0.597. The van der Waals surface area contributed by atoms with Crippen LogP contribution in [-0.4, -0.2) is 62.9 Å². The minimum atomic E-state index is -0.0277. The highest BCUT2D eigenvalue weighted by atomic mass is 16.5. The van der Waals surface area contributed by atoms with Crippen LogP contribution in [0.5, 0.6) is 5.75 Å². The number of nitrogens with one attached hydrogen (secondary N) is 2. The summed E-state index contributed by atoms with van der Waals surface area (Å²) in [6.07, 6.45) is 5.49. The number of nitrogens with zero attached hydrogens (tertiary/aromatic N) is 4. The van der Waals surface area contributed by atoms with Crippen molar-refractivity contribution in [2.24, 2.45) is 0 Å². The Balaban J connectivity index is 1.35. The smallest absolute Gasteiger partial charge is 0.151 e. The molecule has 3 aromatic rings. The fourth-order valence-electron chi connectivity index (χ4n) is 5.09. The normalized spacial score (nSPS) is 27.8. The van der Waals surface area contributed by atoms with E-state index in [4.69, 9.17) is 4.74 Å². The van der Waals surface area contributed by atoms with Crippen LogP contribution in [0.1, 0.15) is 26.7 Å². The van der Waals surface area contributed by atoms with Gasteiger partial charge < -0.3 is 20.1 Å². The lowest BCUT2D eigenvalue weighted by Gasteiger charge is -2.54. The summed E-state index contributed by atoms with van der Waals surface area (Å²) in [6.45, 7) is 5.92. The maximum absolute atomic E-state index is 10.5. The maximum Gasteiger partial charge on any atom is 0.151 e. The van der Waals surface area contributed by atoms with Gasteiger partial charge in [-0.3, -0.25) is 5.10 Å². The molecular weight excluding hydrogens is 392 g/mol. The Kier molecular flexibility index (Phi) is 4.71. The first-order chi connectivity index (χ1) is 14.8. The number of benzene rings is 1. The summed E-state index contributed by atoms with van der Waals surface area (Å²) in [5, 5.41) is 30.0. The highest BCUT2D eigenvalue weighted by molar-refractivity contribution is 5.73. The van der Waals surface area contributed by atoms with Crippen LogP contribution in [0.4, 0.5) is 5.82 Å². The molecule has 0 spiro atoms. The topological polar surface area (TPSA) is 99.2 Å². The van der Waals surface area contributed by atoms with Crippen LogP contribution in [0.2, 0.25) is 0 Å². The van der Waals surface area contributed by atoms with Crippen molar-refractivity contribution in [3.05, 3.63) is 42.7 Å². The van der Waals surface area contributed by atoms with Crippen LogP contribution in [0.15, 0.2) is 42.7 Å². The minimum Gasteiger partial charge on any atom is -0.507 e. The van der Waals surface area contributed by atoms with Gasteiger partial charge in [0.1, 0.15) is 5.75 Å². The molecule has 0 unspecified atom stereocenters. The first kappa shape index (κ1) is 20.0. The third-order valence-electron chi connectivity index (χ3n) is 6.48. The van der Waals surface area contributed by atoms with Crippen LogP contribution in [0.25, 0.3) is 22.4 Å². The van der Waals surface area contributed by atoms with Crippen molar-refractivity contribution < 1.29 is 9.84 Å². The molecule has 4 heterocycles. The highest BCUT2D eigenvalue weighted by Crippen LogP contribution is 2.37. The molecule has 8 nitrogen and oxygen atoms in total. The van der Waals surface area contributed by atoms with E-state index in [-0.39, 0.29) is 16.8 Å². The van der Waals surface area contributed by atoms with Gasteiger partial charge in [-0.15, -0.1) is 10.2 Å². The summed E-state index contributed by atoms with van der Waals surface area (Å²) in [5.41, 5.74) is 3.05. The van der Waals surface area contributed by atoms with Gasteiger partial charge in [0, 0.05) is 41.5 Å². The number of hydrogen-bond acceptors (Lipinski definition) is 7. The molecule has 3 N–H and O–H groups in total. The molecule has 5 rings (SSSR count). The molecule has 0 radical (unpaired) electrons. The van der Waals surface area contributed by atoms with Gasteiger partial charge in [0.25, 0.3) is 0 Å². The number of phenols is 1. The lowest BCUT2D eigenvalue weighted by atomic mass is 9.76. The standard InChI is InChI=1S/C23H28N6O2/c1-22-9-17(10-23(2,28-22)14-31-13-22)29(3)21-7-6-19(26-27-21)18-5-4-15(8-20(18)30)16-11-24-25-12-16/h4-8,11-12,17,28,30H,9-10,13-14H2,1-3H3,(H,24,25)/t17-,22-,23+. The second kappa shape index (κ2) is 7.32. The Morgan fingerprint density at radius 1 is 1.06 bits per heavy atom. The number of aromatic hydroxyl groups is 1. The van der Waals surface area contributed by atoms with Gasteiger partial charge in [-0.25, -0.2) is 0 Å². The van der Waals surface area contributed by atoms with E-state index in [1.165, 1.54) is 0 Å². The van der Waals surface area contributed by atoms with Crippen LogP contribution < -0.4 is 10.2 Å². The molecule has 2 fully saturated rings. The third-order valence-corrected chi connectivity index (χ3v) is 6.48. The lowest BCUT2D eigenvalue weighted by Crippen LogP contribution is -2.70. The SMILES string of the molecule is CN(c1ccc(-c2ccc(-c3cn[nH]c3)cc2O)nn1)[C@@H]1C[C@]2(C)COC[C@](C)(C1)N2. The number of ether oxygens (including phenoxy) is 1. The fraction of sp³-hybridized carbons (Fsp3) is 0.435. The Hall–Kier alpha value is -2.97. The number of phenolic OH excluding ortho intramolecular Hbond substituents is 1.